The number of fused-ring (bicyclic) bond motifs is 1. The predicted molar refractivity (Wildman–Crippen MR) is 135 cm³/mol. The van der Waals surface area contributed by atoms with Gasteiger partial charge in [-0.15, -0.1) is 0 Å². The summed E-state index contributed by atoms with van der Waals surface area (Å²) in [7, 11) is 0. The summed E-state index contributed by atoms with van der Waals surface area (Å²) in [6, 6.07) is 8.17. The molecule has 0 unspecified atom stereocenters. The fraction of sp³-hybridized carbons (Fsp3) is 0.679. The second-order valence-corrected chi connectivity index (χ2v) is 10.9. The molecule has 1 aromatic carbocycles. The van der Waals surface area contributed by atoms with Gasteiger partial charge in [-0.25, -0.2) is 4.79 Å². The van der Waals surface area contributed by atoms with Crippen LogP contribution in [0.15, 0.2) is 30.3 Å². The van der Waals surface area contributed by atoms with Crippen LogP contribution in [0.4, 0.5) is 0 Å². The molecular weight excluding hydrogens is 444 g/mol. The van der Waals surface area contributed by atoms with E-state index >= 15 is 0 Å². The summed E-state index contributed by atoms with van der Waals surface area (Å²) < 4.78 is 11.0. The molecule has 7 heteroatoms. The highest BCUT2D eigenvalue weighted by molar-refractivity contribution is 5.89. The van der Waals surface area contributed by atoms with Crippen LogP contribution >= 0.6 is 0 Å². The molecule has 194 valence electrons. The predicted octanol–water partition coefficient (Wildman–Crippen LogP) is 4.03. The highest BCUT2D eigenvalue weighted by Gasteiger charge is 2.49. The van der Waals surface area contributed by atoms with Crippen molar-refractivity contribution in [3.05, 3.63) is 35.9 Å². The van der Waals surface area contributed by atoms with Crippen molar-refractivity contribution in [1.82, 2.24) is 10.2 Å². The van der Waals surface area contributed by atoms with Crippen molar-refractivity contribution in [3.8, 4) is 0 Å². The Labute approximate surface area is 209 Å². The Balaban J connectivity index is 1.74. The molecule has 1 heterocycles. The van der Waals surface area contributed by atoms with Gasteiger partial charge in [0, 0.05) is 6.04 Å². The van der Waals surface area contributed by atoms with Crippen LogP contribution < -0.4 is 5.32 Å². The van der Waals surface area contributed by atoms with E-state index in [2.05, 4.69) is 5.32 Å². The largest absolute Gasteiger partial charge is 0.465 e. The van der Waals surface area contributed by atoms with Crippen molar-refractivity contribution in [2.24, 2.45) is 5.92 Å². The maximum atomic E-state index is 13.8. The zero-order chi connectivity index (χ0) is 25.6. The molecule has 0 aromatic heterocycles. The van der Waals surface area contributed by atoms with Crippen LogP contribution in [0.25, 0.3) is 0 Å². The van der Waals surface area contributed by atoms with E-state index in [9.17, 15) is 14.4 Å². The molecule has 2 fully saturated rings. The number of likely N-dealkylation sites (tertiary alicyclic amines) is 1. The van der Waals surface area contributed by atoms with E-state index in [-0.39, 0.29) is 30.5 Å². The Morgan fingerprint density at radius 3 is 2.46 bits per heavy atom. The van der Waals surface area contributed by atoms with E-state index in [4.69, 9.17) is 9.47 Å². The Kier molecular flexibility index (Phi) is 9.34. The number of ether oxygens (including phenoxy) is 2. The lowest BCUT2D eigenvalue weighted by molar-refractivity contribution is -0.164. The zero-order valence-electron chi connectivity index (χ0n) is 21.9. The van der Waals surface area contributed by atoms with E-state index in [0.717, 1.165) is 31.2 Å². The zero-order valence-corrected chi connectivity index (χ0v) is 21.9. The standard InChI is InChI=1S/C28H42N2O5/c1-6-34-26(32)22(17-16-20-12-8-7-9-13-20)29-19(2)25(31)30-23-15-11-10-14-21(23)18-24(30)27(33)35-28(3,4)5/h7-9,12-13,19,21-24,29H,6,10-11,14-18H2,1-5H3/t19-,21+,22-,23-,24-/m0/s1. The van der Waals surface area contributed by atoms with E-state index < -0.39 is 23.7 Å². The van der Waals surface area contributed by atoms with Crippen molar-refractivity contribution < 1.29 is 23.9 Å². The molecule has 2 aliphatic rings. The van der Waals surface area contributed by atoms with Gasteiger partial charge in [-0.05, 0) is 78.2 Å². The van der Waals surface area contributed by atoms with E-state index in [1.165, 1.54) is 0 Å². The number of nitrogens with zero attached hydrogens (tertiary/aromatic N) is 1. The molecule has 0 spiro atoms. The lowest BCUT2D eigenvalue weighted by Crippen LogP contribution is -2.56. The van der Waals surface area contributed by atoms with Crippen molar-refractivity contribution in [1.29, 1.82) is 0 Å². The van der Waals surface area contributed by atoms with Gasteiger partial charge in [-0.1, -0.05) is 43.2 Å². The summed E-state index contributed by atoms with van der Waals surface area (Å²) in [6.07, 6.45) is 5.96. The topological polar surface area (TPSA) is 84.9 Å². The van der Waals surface area contributed by atoms with E-state index in [1.54, 1.807) is 18.7 Å². The number of carbonyl (C=O) groups is 3. The van der Waals surface area contributed by atoms with Gasteiger partial charge in [0.05, 0.1) is 12.6 Å². The Hall–Kier alpha value is -2.41. The van der Waals surface area contributed by atoms with Crippen LogP contribution in [0, 0.1) is 5.92 Å². The molecule has 5 atom stereocenters. The number of aryl methyl sites for hydroxylation is 1. The SMILES string of the molecule is CCOC(=O)[C@H](CCc1ccccc1)N[C@@H](C)C(=O)N1[C@H](C(=O)OC(C)(C)C)C[C@H]2CCCC[C@@H]21. The fourth-order valence-electron chi connectivity index (χ4n) is 5.42. The maximum absolute atomic E-state index is 13.8. The molecule has 1 saturated carbocycles. The summed E-state index contributed by atoms with van der Waals surface area (Å²) in [5.74, 6) is -0.525. The number of esters is 2. The monoisotopic (exact) mass is 486 g/mol. The van der Waals surface area contributed by atoms with Crippen LogP contribution in [-0.4, -0.2) is 59.1 Å². The molecule has 1 N–H and O–H groups in total. The summed E-state index contributed by atoms with van der Waals surface area (Å²) in [5.41, 5.74) is 0.507. The summed E-state index contributed by atoms with van der Waals surface area (Å²) in [5, 5.41) is 3.23. The van der Waals surface area contributed by atoms with Gasteiger partial charge < -0.3 is 14.4 Å². The molecule has 0 radical (unpaired) electrons. The minimum Gasteiger partial charge on any atom is -0.465 e. The highest BCUT2D eigenvalue weighted by Crippen LogP contribution is 2.40. The number of hydrogen-bond donors (Lipinski definition) is 1. The van der Waals surface area contributed by atoms with E-state index in [0.29, 0.717) is 25.2 Å². The van der Waals surface area contributed by atoms with Crippen LogP contribution in [0.5, 0.6) is 0 Å². The number of carbonyl (C=O) groups excluding carboxylic acids is 3. The smallest absolute Gasteiger partial charge is 0.329 e. The maximum Gasteiger partial charge on any atom is 0.329 e. The Bertz CT molecular complexity index is 866. The van der Waals surface area contributed by atoms with Gasteiger partial charge in [-0.2, -0.15) is 0 Å². The van der Waals surface area contributed by atoms with Crippen LogP contribution in [0.3, 0.4) is 0 Å². The number of rotatable bonds is 9. The normalized spacial score (nSPS) is 23.8. The van der Waals surface area contributed by atoms with Crippen molar-refractivity contribution in [2.45, 2.75) is 109 Å². The molecule has 1 aliphatic carbocycles. The van der Waals surface area contributed by atoms with Gasteiger partial charge in [0.25, 0.3) is 0 Å². The van der Waals surface area contributed by atoms with Gasteiger partial charge in [-0.3, -0.25) is 14.9 Å². The van der Waals surface area contributed by atoms with Crippen molar-refractivity contribution in [3.63, 3.8) is 0 Å². The molecule has 1 aliphatic heterocycles. The minimum absolute atomic E-state index is 0.0448. The first-order chi connectivity index (χ1) is 16.6. The van der Waals surface area contributed by atoms with E-state index in [1.807, 2.05) is 51.1 Å². The third kappa shape index (κ3) is 7.29. The average Bonchev–Trinajstić information content (AvgIpc) is 3.20. The van der Waals surface area contributed by atoms with Crippen molar-refractivity contribution >= 4 is 17.8 Å². The molecule has 0 bridgehead atoms. The first-order valence-corrected chi connectivity index (χ1v) is 13.1. The second-order valence-electron chi connectivity index (χ2n) is 10.9. The first-order valence-electron chi connectivity index (χ1n) is 13.1. The third-order valence-electron chi connectivity index (χ3n) is 6.98. The Morgan fingerprint density at radius 1 is 1.11 bits per heavy atom. The van der Waals surface area contributed by atoms with Crippen LogP contribution in [0.2, 0.25) is 0 Å². The molecule has 35 heavy (non-hydrogen) atoms. The van der Waals surface area contributed by atoms with Gasteiger partial charge in [0.15, 0.2) is 0 Å². The molecule has 1 aromatic rings. The quantitative estimate of drug-likeness (QED) is 0.531. The number of hydrogen-bond acceptors (Lipinski definition) is 6. The molecule has 1 saturated heterocycles. The number of benzene rings is 1. The van der Waals surface area contributed by atoms with Crippen LogP contribution in [0.1, 0.15) is 78.7 Å². The molecule has 7 nitrogen and oxygen atoms in total. The molecule has 1 amide bonds. The lowest BCUT2D eigenvalue weighted by atomic mass is 9.84. The molecule has 3 rings (SSSR count). The van der Waals surface area contributed by atoms with Crippen LogP contribution in [-0.2, 0) is 30.3 Å². The lowest BCUT2D eigenvalue weighted by Gasteiger charge is -2.36. The fourth-order valence-corrected chi connectivity index (χ4v) is 5.42. The van der Waals surface area contributed by atoms with Gasteiger partial charge in [0.1, 0.15) is 17.7 Å². The van der Waals surface area contributed by atoms with Gasteiger partial charge in [0.2, 0.25) is 5.91 Å². The number of nitrogens with one attached hydrogen (secondary N) is 1. The summed E-state index contributed by atoms with van der Waals surface area (Å²) in [4.78, 5) is 41.4. The third-order valence-corrected chi connectivity index (χ3v) is 6.98. The number of amides is 1. The molecular formula is C28H42N2O5. The minimum atomic E-state index is -0.634. The second kappa shape index (κ2) is 12.0. The average molecular weight is 487 g/mol. The van der Waals surface area contributed by atoms with Gasteiger partial charge >= 0.3 is 11.9 Å². The Morgan fingerprint density at radius 2 is 1.80 bits per heavy atom. The summed E-state index contributed by atoms with van der Waals surface area (Å²) in [6.45, 7) is 9.38. The van der Waals surface area contributed by atoms with Crippen molar-refractivity contribution in [2.75, 3.05) is 6.61 Å². The highest BCUT2D eigenvalue weighted by atomic mass is 16.6. The summed E-state index contributed by atoms with van der Waals surface area (Å²) >= 11 is 0. The first kappa shape index (κ1) is 27.2.